The van der Waals surface area contributed by atoms with E-state index in [1.54, 1.807) is 6.20 Å². The van der Waals surface area contributed by atoms with Crippen LogP contribution in [0.2, 0.25) is 0 Å². The van der Waals surface area contributed by atoms with Crippen molar-refractivity contribution in [3.8, 4) is 6.07 Å². The zero-order chi connectivity index (χ0) is 24.2. The number of H-pyrrole nitrogens is 1. The van der Waals surface area contributed by atoms with Gasteiger partial charge in [0, 0.05) is 71.4 Å². The average Bonchev–Trinajstić information content (AvgIpc) is 3.37. The van der Waals surface area contributed by atoms with E-state index >= 15 is 0 Å². The smallest absolute Gasteiger partial charge is 0.103 e. The van der Waals surface area contributed by atoms with Gasteiger partial charge in [-0.15, -0.1) is 0 Å². The van der Waals surface area contributed by atoms with E-state index in [2.05, 4.69) is 87.8 Å². The van der Waals surface area contributed by atoms with Crippen molar-refractivity contribution in [3.05, 3.63) is 88.4 Å². The maximum atomic E-state index is 9.81. The number of hydrogen-bond donors (Lipinski definition) is 2. The summed E-state index contributed by atoms with van der Waals surface area (Å²) in [6, 6.07) is 17.3. The number of aromatic amines is 1. The molecule has 1 aliphatic rings. The number of rotatable bonds is 6. The number of nitriles is 1. The van der Waals surface area contributed by atoms with Gasteiger partial charge in [-0.05, 0) is 48.7 Å². The van der Waals surface area contributed by atoms with E-state index < -0.39 is 0 Å². The van der Waals surface area contributed by atoms with Gasteiger partial charge in [-0.3, -0.25) is 9.88 Å². The fourth-order valence-corrected chi connectivity index (χ4v) is 5.51. The van der Waals surface area contributed by atoms with Crippen molar-refractivity contribution in [2.24, 2.45) is 0 Å². The number of benzene rings is 2. The first kappa shape index (κ1) is 23.2. The Morgan fingerprint density at radius 2 is 1.89 bits per heavy atom. The molecule has 35 heavy (non-hydrogen) atoms. The molecule has 0 saturated carbocycles. The summed E-state index contributed by atoms with van der Waals surface area (Å²) in [6.07, 6.45) is 7.75. The first-order valence-electron chi connectivity index (χ1n) is 11.9. The van der Waals surface area contributed by atoms with Gasteiger partial charge in [0.15, 0.2) is 0 Å². The molecule has 4 aromatic rings. The van der Waals surface area contributed by atoms with Crippen LogP contribution in [-0.2, 0) is 6.54 Å². The van der Waals surface area contributed by atoms with Crippen molar-refractivity contribution in [2.75, 3.05) is 29.9 Å². The summed E-state index contributed by atoms with van der Waals surface area (Å²) in [7, 11) is 0. The molecule has 1 fully saturated rings. The highest BCUT2D eigenvalue weighted by atomic mass is 32.2. The third kappa shape index (κ3) is 5.12. The van der Waals surface area contributed by atoms with Crippen LogP contribution in [0.1, 0.15) is 33.5 Å². The van der Waals surface area contributed by atoms with Gasteiger partial charge in [0.25, 0.3) is 0 Å². The number of hydrogen-bond acceptors (Lipinski definition) is 5. The maximum Gasteiger partial charge on any atom is 0.103 e. The molecule has 1 aliphatic heterocycles. The van der Waals surface area contributed by atoms with E-state index in [1.165, 1.54) is 35.5 Å². The van der Waals surface area contributed by atoms with Crippen LogP contribution in [0.3, 0.4) is 0 Å². The van der Waals surface area contributed by atoms with Crippen molar-refractivity contribution in [1.82, 2.24) is 14.9 Å². The Morgan fingerprint density at radius 1 is 1.09 bits per heavy atom. The summed E-state index contributed by atoms with van der Waals surface area (Å²) in [6.45, 7) is 7.42. The molecule has 2 aromatic carbocycles. The number of nitrogens with zero attached hydrogens (tertiary/aromatic N) is 3. The molecule has 0 atom stereocenters. The van der Waals surface area contributed by atoms with Crippen LogP contribution >= 0.6 is 11.8 Å². The van der Waals surface area contributed by atoms with Crippen LogP contribution in [-0.4, -0.2) is 39.5 Å². The lowest BCUT2D eigenvalue weighted by Crippen LogP contribution is -2.31. The number of anilines is 2. The van der Waals surface area contributed by atoms with Crippen LogP contribution in [0.15, 0.2) is 54.9 Å². The van der Waals surface area contributed by atoms with E-state index in [9.17, 15) is 5.26 Å². The number of aromatic nitrogens is 2. The number of nitrogens with one attached hydrogen (secondary N) is 2. The lowest BCUT2D eigenvalue weighted by atomic mass is 10.0. The third-order valence-electron chi connectivity index (χ3n) is 6.63. The molecule has 3 heterocycles. The third-order valence-corrected chi connectivity index (χ3v) is 7.57. The van der Waals surface area contributed by atoms with Gasteiger partial charge in [0.1, 0.15) is 6.07 Å². The highest BCUT2D eigenvalue weighted by Crippen LogP contribution is 2.32. The van der Waals surface area contributed by atoms with Crippen LogP contribution in [0.5, 0.6) is 0 Å². The van der Waals surface area contributed by atoms with Crippen molar-refractivity contribution in [2.45, 2.75) is 20.4 Å². The molecule has 0 spiro atoms. The molecular formula is C29H29N5S. The molecule has 5 nitrogen and oxygen atoms in total. The van der Waals surface area contributed by atoms with Crippen LogP contribution < -0.4 is 5.32 Å². The molecule has 176 valence electrons. The zero-order valence-corrected chi connectivity index (χ0v) is 21.0. The quantitative estimate of drug-likeness (QED) is 0.330. The van der Waals surface area contributed by atoms with Gasteiger partial charge in [-0.25, -0.2) is 0 Å². The molecule has 2 N–H and O–H groups in total. The first-order chi connectivity index (χ1) is 17.1. The van der Waals surface area contributed by atoms with Crippen LogP contribution in [0.4, 0.5) is 11.4 Å². The second kappa shape index (κ2) is 10.4. The summed E-state index contributed by atoms with van der Waals surface area (Å²) in [4.78, 5) is 10.3. The largest absolute Gasteiger partial charge is 0.361 e. The summed E-state index contributed by atoms with van der Waals surface area (Å²) in [5.74, 6) is 2.45. The average molecular weight is 480 g/mol. The summed E-state index contributed by atoms with van der Waals surface area (Å²) in [5.41, 5.74) is 8.80. The van der Waals surface area contributed by atoms with Crippen LogP contribution in [0, 0.1) is 25.2 Å². The Hall–Kier alpha value is -3.53. The molecule has 2 aromatic heterocycles. The Kier molecular flexibility index (Phi) is 6.89. The second-order valence-electron chi connectivity index (χ2n) is 8.92. The van der Waals surface area contributed by atoms with Gasteiger partial charge in [-0.2, -0.15) is 17.0 Å². The standard InChI is InChI=1S/C29H29N5S/c1-20-25-11-12-31-28(25)10-9-27(20)33-29-24(17-30)18-32-21(2)26(29)8-7-22-3-5-23(6-4-22)19-34-13-15-35-16-14-34/h3-12,18,31H,13-16,19H2,1-2H3,(H,32,33)/b8-7+. The minimum Gasteiger partial charge on any atom is -0.361 e. The van der Waals surface area contributed by atoms with Gasteiger partial charge >= 0.3 is 0 Å². The van der Waals surface area contributed by atoms with Crippen molar-refractivity contribution < 1.29 is 0 Å². The SMILES string of the molecule is Cc1ncc(C#N)c(Nc2ccc3[nH]ccc3c2C)c1/C=C/c1ccc(CN2CCSCC2)cc1. The van der Waals surface area contributed by atoms with E-state index in [1.807, 2.05) is 24.9 Å². The number of aryl methyl sites for hydroxylation is 2. The molecule has 0 bridgehead atoms. The number of thioether (sulfide) groups is 1. The number of pyridine rings is 1. The van der Waals surface area contributed by atoms with E-state index in [0.717, 1.165) is 45.8 Å². The Balaban J connectivity index is 1.41. The predicted molar refractivity (Wildman–Crippen MR) is 148 cm³/mol. The fraction of sp³-hybridized carbons (Fsp3) is 0.241. The molecule has 5 rings (SSSR count). The van der Waals surface area contributed by atoms with Gasteiger partial charge < -0.3 is 10.3 Å². The van der Waals surface area contributed by atoms with Crippen LogP contribution in [0.25, 0.3) is 23.1 Å². The molecule has 0 amide bonds. The van der Waals surface area contributed by atoms with Crippen molar-refractivity contribution >= 4 is 46.2 Å². The monoisotopic (exact) mass is 479 g/mol. The first-order valence-corrected chi connectivity index (χ1v) is 13.1. The summed E-state index contributed by atoms with van der Waals surface area (Å²) in [5, 5.41) is 14.5. The van der Waals surface area contributed by atoms with Gasteiger partial charge in [0.2, 0.25) is 0 Å². The highest BCUT2D eigenvalue weighted by Gasteiger charge is 2.14. The number of fused-ring (bicyclic) bond motifs is 1. The molecular weight excluding hydrogens is 450 g/mol. The van der Waals surface area contributed by atoms with Crippen molar-refractivity contribution in [1.29, 1.82) is 5.26 Å². The van der Waals surface area contributed by atoms with Crippen molar-refractivity contribution in [3.63, 3.8) is 0 Å². The molecule has 6 heteroatoms. The minimum atomic E-state index is 0.527. The molecule has 0 aliphatic carbocycles. The molecule has 1 saturated heterocycles. The van der Waals surface area contributed by atoms with E-state index in [-0.39, 0.29) is 0 Å². The molecule has 0 unspecified atom stereocenters. The fourth-order valence-electron chi connectivity index (χ4n) is 4.53. The summed E-state index contributed by atoms with van der Waals surface area (Å²) >= 11 is 2.04. The van der Waals surface area contributed by atoms with Gasteiger partial charge in [-0.1, -0.05) is 36.4 Å². The Labute approximate surface area is 210 Å². The summed E-state index contributed by atoms with van der Waals surface area (Å²) < 4.78 is 0. The second-order valence-corrected chi connectivity index (χ2v) is 10.1. The normalized spacial score (nSPS) is 14.4. The van der Waals surface area contributed by atoms with E-state index in [4.69, 9.17) is 0 Å². The lowest BCUT2D eigenvalue weighted by Gasteiger charge is -2.26. The zero-order valence-electron chi connectivity index (χ0n) is 20.1. The Bertz CT molecular complexity index is 1410. The maximum absolute atomic E-state index is 9.81. The van der Waals surface area contributed by atoms with E-state index in [0.29, 0.717) is 5.56 Å². The molecule has 0 radical (unpaired) electrons. The minimum absolute atomic E-state index is 0.527. The Morgan fingerprint density at radius 3 is 2.66 bits per heavy atom. The predicted octanol–water partition coefficient (Wildman–Crippen LogP) is 6.51. The topological polar surface area (TPSA) is 67.7 Å². The van der Waals surface area contributed by atoms with Gasteiger partial charge in [0.05, 0.1) is 11.3 Å². The highest BCUT2D eigenvalue weighted by molar-refractivity contribution is 7.99. The lowest BCUT2D eigenvalue weighted by molar-refractivity contribution is 0.294.